The molecule has 10 aromatic carbocycles. The smallest absolute Gasteiger partial charge is 0.143 e. The number of rotatable bonds is 6. The summed E-state index contributed by atoms with van der Waals surface area (Å²) in [5.74, 6) is 0. The SMILES string of the molecule is c1ccc(-c2ccccc2N(c2ccc(-c3cc4c5ccccc5ccc4c4ccccc34)cc2)c2ccc(-c3cccc4c3oc3ccccc34)cc2)cc1. The summed E-state index contributed by atoms with van der Waals surface area (Å²) in [4.78, 5) is 2.38. The van der Waals surface area contributed by atoms with Crippen molar-refractivity contribution < 1.29 is 4.42 Å². The average Bonchev–Trinajstić information content (AvgIpc) is 3.66. The van der Waals surface area contributed by atoms with Crippen LogP contribution in [-0.4, -0.2) is 0 Å². The Morgan fingerprint density at radius 2 is 0.857 bits per heavy atom. The molecule has 2 heteroatoms. The lowest BCUT2D eigenvalue weighted by Crippen LogP contribution is -2.11. The highest BCUT2D eigenvalue weighted by atomic mass is 16.3. The Balaban J connectivity index is 1.06. The fourth-order valence-electron chi connectivity index (χ4n) is 8.61. The van der Waals surface area contributed by atoms with Gasteiger partial charge in [0.2, 0.25) is 0 Å². The van der Waals surface area contributed by atoms with E-state index in [1.54, 1.807) is 0 Å². The van der Waals surface area contributed by atoms with Gasteiger partial charge in [-0.2, -0.15) is 0 Å². The zero-order chi connectivity index (χ0) is 37.0. The number of para-hydroxylation sites is 3. The van der Waals surface area contributed by atoms with Gasteiger partial charge in [-0.1, -0.05) is 170 Å². The molecular weight excluding hydrogens is 679 g/mol. The van der Waals surface area contributed by atoms with Gasteiger partial charge in [-0.05, 0) is 97.0 Å². The average molecular weight is 714 g/mol. The molecule has 0 saturated heterocycles. The third-order valence-electron chi connectivity index (χ3n) is 11.3. The normalized spacial score (nSPS) is 11.6. The number of hydrogen-bond acceptors (Lipinski definition) is 2. The van der Waals surface area contributed by atoms with Crippen molar-refractivity contribution in [1.82, 2.24) is 0 Å². The van der Waals surface area contributed by atoms with Crippen molar-refractivity contribution in [2.24, 2.45) is 0 Å². The van der Waals surface area contributed by atoms with Crippen LogP contribution in [0.4, 0.5) is 17.1 Å². The maximum atomic E-state index is 6.43. The minimum Gasteiger partial charge on any atom is -0.455 e. The first-order valence-electron chi connectivity index (χ1n) is 19.2. The van der Waals surface area contributed by atoms with E-state index < -0.39 is 0 Å². The van der Waals surface area contributed by atoms with E-state index in [1.165, 1.54) is 54.6 Å². The van der Waals surface area contributed by atoms with E-state index in [0.717, 1.165) is 50.1 Å². The minimum atomic E-state index is 0.906. The Labute approximate surface area is 325 Å². The Hall–Kier alpha value is -7.42. The zero-order valence-corrected chi connectivity index (χ0v) is 30.6. The van der Waals surface area contributed by atoms with Crippen molar-refractivity contribution in [3.8, 4) is 33.4 Å². The quantitative estimate of drug-likeness (QED) is 0.160. The number of anilines is 3. The van der Waals surface area contributed by atoms with Crippen molar-refractivity contribution in [3.05, 3.63) is 212 Å². The standard InChI is InChI=1S/C54H35NO/c1-2-13-36(14-3-1)43-17-8-10-23-52(43)55(40-30-25-38(26-31-40)44-21-12-22-49-48-20-9-11-24-53(48)56-54(44)49)41-32-27-39(28-33-41)50-35-51-42-16-5-4-15-37(42)29-34-47(51)45-18-6-7-19-46(45)50/h1-35H. The molecule has 11 aromatic rings. The molecule has 0 aliphatic rings. The van der Waals surface area contributed by atoms with Gasteiger partial charge in [0.05, 0.1) is 5.69 Å². The van der Waals surface area contributed by atoms with E-state index in [9.17, 15) is 0 Å². The molecule has 0 N–H and O–H groups in total. The largest absolute Gasteiger partial charge is 0.455 e. The molecule has 0 unspecified atom stereocenters. The van der Waals surface area contributed by atoms with Crippen LogP contribution in [0.3, 0.4) is 0 Å². The van der Waals surface area contributed by atoms with Crippen LogP contribution in [-0.2, 0) is 0 Å². The lowest BCUT2D eigenvalue weighted by molar-refractivity contribution is 0.670. The van der Waals surface area contributed by atoms with Gasteiger partial charge in [-0.3, -0.25) is 0 Å². The van der Waals surface area contributed by atoms with Gasteiger partial charge in [-0.15, -0.1) is 0 Å². The highest BCUT2D eigenvalue weighted by Crippen LogP contribution is 2.44. The summed E-state index contributed by atoms with van der Waals surface area (Å²) in [6.45, 7) is 0. The topological polar surface area (TPSA) is 16.4 Å². The van der Waals surface area contributed by atoms with Gasteiger partial charge in [0.25, 0.3) is 0 Å². The fraction of sp³-hybridized carbons (Fsp3) is 0. The molecule has 1 aromatic heterocycles. The summed E-state index contributed by atoms with van der Waals surface area (Å²) in [5.41, 5.74) is 12.0. The first-order chi connectivity index (χ1) is 27.8. The minimum absolute atomic E-state index is 0.906. The van der Waals surface area contributed by atoms with Crippen LogP contribution in [0.15, 0.2) is 217 Å². The molecule has 0 aliphatic heterocycles. The molecule has 0 fully saturated rings. The molecule has 0 radical (unpaired) electrons. The summed E-state index contributed by atoms with van der Waals surface area (Å²) in [6.07, 6.45) is 0. The third-order valence-corrected chi connectivity index (χ3v) is 11.3. The van der Waals surface area contributed by atoms with Crippen LogP contribution < -0.4 is 4.90 Å². The summed E-state index contributed by atoms with van der Waals surface area (Å²) in [7, 11) is 0. The summed E-state index contributed by atoms with van der Waals surface area (Å²) < 4.78 is 6.43. The van der Waals surface area contributed by atoms with Crippen molar-refractivity contribution in [2.75, 3.05) is 4.90 Å². The van der Waals surface area contributed by atoms with Crippen LogP contribution in [0.5, 0.6) is 0 Å². The molecular formula is C54H35NO. The first-order valence-corrected chi connectivity index (χ1v) is 19.2. The Bertz CT molecular complexity index is 3230. The van der Waals surface area contributed by atoms with E-state index in [-0.39, 0.29) is 0 Å². The second-order valence-corrected chi connectivity index (χ2v) is 14.4. The number of hydrogen-bond donors (Lipinski definition) is 0. The molecule has 0 saturated carbocycles. The highest BCUT2D eigenvalue weighted by molar-refractivity contribution is 6.21. The van der Waals surface area contributed by atoms with E-state index >= 15 is 0 Å². The van der Waals surface area contributed by atoms with Gasteiger partial charge >= 0.3 is 0 Å². The van der Waals surface area contributed by atoms with Crippen LogP contribution >= 0.6 is 0 Å². The monoisotopic (exact) mass is 713 g/mol. The number of nitrogens with zero attached hydrogens (tertiary/aromatic N) is 1. The maximum absolute atomic E-state index is 6.43. The summed E-state index contributed by atoms with van der Waals surface area (Å²) in [6, 6.07) is 76.4. The van der Waals surface area contributed by atoms with Crippen LogP contribution in [0, 0.1) is 0 Å². The van der Waals surface area contributed by atoms with Crippen molar-refractivity contribution in [2.45, 2.75) is 0 Å². The summed E-state index contributed by atoms with van der Waals surface area (Å²) >= 11 is 0. The van der Waals surface area contributed by atoms with Gasteiger partial charge in [-0.25, -0.2) is 0 Å². The van der Waals surface area contributed by atoms with E-state index in [0.29, 0.717) is 0 Å². The molecule has 0 spiro atoms. The molecule has 11 rings (SSSR count). The first kappa shape index (κ1) is 32.0. The lowest BCUT2D eigenvalue weighted by atomic mass is 9.91. The molecule has 262 valence electrons. The van der Waals surface area contributed by atoms with Crippen LogP contribution in [0.1, 0.15) is 0 Å². The second kappa shape index (κ2) is 13.2. The molecule has 0 amide bonds. The maximum Gasteiger partial charge on any atom is 0.143 e. The Morgan fingerprint density at radius 3 is 1.64 bits per heavy atom. The number of furan rings is 1. The van der Waals surface area contributed by atoms with Gasteiger partial charge < -0.3 is 9.32 Å². The molecule has 0 atom stereocenters. The van der Waals surface area contributed by atoms with Gasteiger partial charge in [0.1, 0.15) is 11.2 Å². The van der Waals surface area contributed by atoms with Crippen molar-refractivity contribution >= 4 is 71.3 Å². The molecule has 1 heterocycles. The Morgan fingerprint density at radius 1 is 0.304 bits per heavy atom. The van der Waals surface area contributed by atoms with Crippen molar-refractivity contribution in [3.63, 3.8) is 0 Å². The van der Waals surface area contributed by atoms with E-state index in [1.807, 2.05) is 12.1 Å². The predicted molar refractivity (Wildman–Crippen MR) is 237 cm³/mol. The molecule has 0 aliphatic carbocycles. The van der Waals surface area contributed by atoms with Gasteiger partial charge in [0, 0.05) is 33.3 Å². The van der Waals surface area contributed by atoms with Gasteiger partial charge in [0.15, 0.2) is 0 Å². The summed E-state index contributed by atoms with van der Waals surface area (Å²) in [5, 5.41) is 9.88. The Kier molecular flexibility index (Phi) is 7.53. The number of benzene rings is 10. The molecule has 2 nitrogen and oxygen atoms in total. The number of fused-ring (bicyclic) bond motifs is 8. The second-order valence-electron chi connectivity index (χ2n) is 14.4. The van der Waals surface area contributed by atoms with Crippen LogP contribution in [0.25, 0.3) is 87.6 Å². The molecule has 56 heavy (non-hydrogen) atoms. The van der Waals surface area contributed by atoms with Crippen molar-refractivity contribution in [1.29, 1.82) is 0 Å². The predicted octanol–water partition coefficient (Wildman–Crippen LogP) is 15.5. The highest BCUT2D eigenvalue weighted by Gasteiger charge is 2.19. The lowest BCUT2D eigenvalue weighted by Gasteiger charge is -2.28. The molecule has 0 bridgehead atoms. The van der Waals surface area contributed by atoms with Crippen LogP contribution in [0.2, 0.25) is 0 Å². The third kappa shape index (κ3) is 5.26. The fourth-order valence-corrected chi connectivity index (χ4v) is 8.61. The van der Waals surface area contributed by atoms with E-state index in [2.05, 4.69) is 205 Å². The van der Waals surface area contributed by atoms with E-state index in [4.69, 9.17) is 4.42 Å². The zero-order valence-electron chi connectivity index (χ0n) is 30.6.